The number of halogens is 2. The van der Waals surface area contributed by atoms with E-state index in [4.69, 9.17) is 0 Å². The second-order valence-electron chi connectivity index (χ2n) is 5.30. The molecule has 5 heteroatoms. The van der Waals surface area contributed by atoms with Crippen LogP contribution in [0.2, 0.25) is 0 Å². The second-order valence-corrected chi connectivity index (χ2v) is 5.30. The Hall–Kier alpha value is -2.43. The summed E-state index contributed by atoms with van der Waals surface area (Å²) in [5.41, 5.74) is 2.74. The van der Waals surface area contributed by atoms with Crippen molar-refractivity contribution in [2.75, 3.05) is 10.6 Å². The minimum absolute atomic E-state index is 0.167. The van der Waals surface area contributed by atoms with E-state index in [1.807, 2.05) is 32.0 Å². The highest BCUT2D eigenvalue weighted by atomic mass is 19.1. The zero-order valence-corrected chi connectivity index (χ0v) is 12.7. The first-order valence-corrected chi connectivity index (χ1v) is 6.96. The Kier molecular flexibility index (Phi) is 4.75. The molecule has 22 heavy (non-hydrogen) atoms. The molecule has 0 aliphatic carbocycles. The van der Waals surface area contributed by atoms with E-state index in [2.05, 4.69) is 10.6 Å². The molecule has 2 rings (SSSR count). The maximum Gasteiger partial charge on any atom is 0.246 e. The molecule has 2 aromatic carbocycles. The molecule has 0 aliphatic heterocycles. The lowest BCUT2D eigenvalue weighted by atomic mass is 10.1. The number of benzene rings is 2. The molecule has 0 saturated carbocycles. The van der Waals surface area contributed by atoms with Crippen LogP contribution in [0.1, 0.15) is 18.1 Å². The zero-order valence-electron chi connectivity index (χ0n) is 12.7. The number of rotatable bonds is 4. The Morgan fingerprint density at radius 1 is 1.05 bits per heavy atom. The van der Waals surface area contributed by atoms with Crippen molar-refractivity contribution in [3.8, 4) is 0 Å². The second kappa shape index (κ2) is 6.56. The van der Waals surface area contributed by atoms with Gasteiger partial charge in [0.05, 0.1) is 5.69 Å². The first-order chi connectivity index (χ1) is 10.4. The molecule has 2 aromatic rings. The fraction of sp³-hybridized carbons (Fsp3) is 0.235. The molecule has 1 atom stereocenters. The average Bonchev–Trinajstić information content (AvgIpc) is 2.46. The molecule has 0 bridgehead atoms. The van der Waals surface area contributed by atoms with Gasteiger partial charge in [0, 0.05) is 11.8 Å². The van der Waals surface area contributed by atoms with Gasteiger partial charge >= 0.3 is 0 Å². The topological polar surface area (TPSA) is 41.1 Å². The van der Waals surface area contributed by atoms with E-state index in [0.717, 1.165) is 35.0 Å². The third-order valence-electron chi connectivity index (χ3n) is 3.34. The molecule has 0 radical (unpaired) electrons. The molecular formula is C17H18F2N2O. The maximum absolute atomic E-state index is 13.5. The fourth-order valence-electron chi connectivity index (χ4n) is 2.02. The van der Waals surface area contributed by atoms with Gasteiger partial charge in [-0.25, -0.2) is 8.78 Å². The van der Waals surface area contributed by atoms with Crippen molar-refractivity contribution in [2.24, 2.45) is 0 Å². The predicted octanol–water partition coefficient (Wildman–Crippen LogP) is 4.02. The molecule has 0 aliphatic rings. The standard InChI is InChI=1S/C17H18F2N2O/c1-10-4-5-11(2)15(8-10)20-12(3)17(22)21-16-9-13(18)6-7-14(16)19/h4-9,12,20H,1-3H3,(H,21,22)/t12-/m1/s1. The highest BCUT2D eigenvalue weighted by molar-refractivity contribution is 5.96. The quantitative estimate of drug-likeness (QED) is 0.895. The number of carbonyl (C=O) groups is 1. The van der Waals surface area contributed by atoms with Crippen molar-refractivity contribution >= 4 is 17.3 Å². The lowest BCUT2D eigenvalue weighted by Crippen LogP contribution is -2.32. The third kappa shape index (κ3) is 3.81. The number of nitrogens with one attached hydrogen (secondary N) is 2. The van der Waals surface area contributed by atoms with Crippen LogP contribution in [0.25, 0.3) is 0 Å². The molecule has 1 amide bonds. The van der Waals surface area contributed by atoms with Crippen molar-refractivity contribution < 1.29 is 13.6 Å². The number of hydrogen-bond acceptors (Lipinski definition) is 2. The summed E-state index contributed by atoms with van der Waals surface area (Å²) in [6.45, 7) is 5.55. The van der Waals surface area contributed by atoms with Crippen LogP contribution < -0.4 is 10.6 Å². The Morgan fingerprint density at radius 2 is 1.77 bits per heavy atom. The summed E-state index contributed by atoms with van der Waals surface area (Å²) in [5.74, 6) is -1.72. The van der Waals surface area contributed by atoms with Crippen LogP contribution in [0.15, 0.2) is 36.4 Å². The third-order valence-corrected chi connectivity index (χ3v) is 3.34. The Morgan fingerprint density at radius 3 is 2.50 bits per heavy atom. The van der Waals surface area contributed by atoms with Gasteiger partial charge in [-0.1, -0.05) is 12.1 Å². The van der Waals surface area contributed by atoms with Crippen molar-refractivity contribution in [1.82, 2.24) is 0 Å². The van der Waals surface area contributed by atoms with E-state index in [1.54, 1.807) is 6.92 Å². The van der Waals surface area contributed by atoms with Crippen molar-refractivity contribution in [1.29, 1.82) is 0 Å². The van der Waals surface area contributed by atoms with Gasteiger partial charge in [-0.15, -0.1) is 0 Å². The number of hydrogen-bond donors (Lipinski definition) is 2. The summed E-state index contributed by atoms with van der Waals surface area (Å²) in [7, 11) is 0. The van der Waals surface area contributed by atoms with Gasteiger partial charge in [0.1, 0.15) is 17.7 Å². The lowest BCUT2D eigenvalue weighted by molar-refractivity contribution is -0.116. The first kappa shape index (κ1) is 15.9. The van der Waals surface area contributed by atoms with E-state index in [-0.39, 0.29) is 5.69 Å². The summed E-state index contributed by atoms with van der Waals surface area (Å²) in [6.07, 6.45) is 0. The van der Waals surface area contributed by atoms with Gasteiger partial charge in [0.2, 0.25) is 5.91 Å². The summed E-state index contributed by atoms with van der Waals surface area (Å²) < 4.78 is 26.6. The molecule has 0 aromatic heterocycles. The van der Waals surface area contributed by atoms with E-state index in [0.29, 0.717) is 0 Å². The van der Waals surface area contributed by atoms with Crippen LogP contribution in [0.5, 0.6) is 0 Å². The molecule has 0 unspecified atom stereocenters. The summed E-state index contributed by atoms with van der Waals surface area (Å²) in [6, 6.07) is 8.21. The normalized spacial score (nSPS) is 11.9. The summed E-state index contributed by atoms with van der Waals surface area (Å²) in [4.78, 5) is 12.1. The smallest absolute Gasteiger partial charge is 0.246 e. The first-order valence-electron chi connectivity index (χ1n) is 6.96. The minimum Gasteiger partial charge on any atom is -0.374 e. The minimum atomic E-state index is -0.673. The van der Waals surface area contributed by atoms with E-state index < -0.39 is 23.6 Å². The largest absolute Gasteiger partial charge is 0.374 e. The molecule has 2 N–H and O–H groups in total. The van der Waals surface area contributed by atoms with E-state index in [9.17, 15) is 13.6 Å². The van der Waals surface area contributed by atoms with E-state index in [1.165, 1.54) is 0 Å². The van der Waals surface area contributed by atoms with Gasteiger partial charge in [0.25, 0.3) is 0 Å². The fourth-order valence-corrected chi connectivity index (χ4v) is 2.02. The SMILES string of the molecule is Cc1ccc(C)c(N[C@H](C)C(=O)Nc2cc(F)ccc2F)c1. The Balaban J connectivity index is 2.09. The predicted molar refractivity (Wildman–Crippen MR) is 84.0 cm³/mol. The highest BCUT2D eigenvalue weighted by Gasteiger charge is 2.16. The number of anilines is 2. The number of amides is 1. The van der Waals surface area contributed by atoms with E-state index >= 15 is 0 Å². The molecule has 3 nitrogen and oxygen atoms in total. The summed E-state index contributed by atoms with van der Waals surface area (Å²) >= 11 is 0. The maximum atomic E-state index is 13.5. The molecule has 0 fully saturated rings. The van der Waals surface area contributed by atoms with Crippen molar-refractivity contribution in [3.05, 3.63) is 59.2 Å². The Labute approximate surface area is 128 Å². The lowest BCUT2D eigenvalue weighted by Gasteiger charge is -2.17. The molecule has 0 heterocycles. The molecular weight excluding hydrogens is 286 g/mol. The van der Waals surface area contributed by atoms with Crippen LogP contribution in [0.4, 0.5) is 20.2 Å². The monoisotopic (exact) mass is 304 g/mol. The number of carbonyl (C=O) groups excluding carboxylic acids is 1. The number of aryl methyl sites for hydroxylation is 2. The molecule has 0 saturated heterocycles. The van der Waals surface area contributed by atoms with Crippen LogP contribution in [-0.4, -0.2) is 11.9 Å². The molecule has 116 valence electrons. The highest BCUT2D eigenvalue weighted by Crippen LogP contribution is 2.19. The Bertz CT molecular complexity index is 701. The van der Waals surface area contributed by atoms with Gasteiger partial charge in [-0.2, -0.15) is 0 Å². The van der Waals surface area contributed by atoms with Gasteiger partial charge in [-0.3, -0.25) is 4.79 Å². The average molecular weight is 304 g/mol. The van der Waals surface area contributed by atoms with Crippen LogP contribution >= 0.6 is 0 Å². The zero-order chi connectivity index (χ0) is 16.3. The summed E-state index contributed by atoms with van der Waals surface area (Å²) in [5, 5.41) is 5.47. The van der Waals surface area contributed by atoms with Crippen LogP contribution in [-0.2, 0) is 4.79 Å². The van der Waals surface area contributed by atoms with Gasteiger partial charge < -0.3 is 10.6 Å². The van der Waals surface area contributed by atoms with Crippen molar-refractivity contribution in [2.45, 2.75) is 26.8 Å². The van der Waals surface area contributed by atoms with Crippen LogP contribution in [0, 0.1) is 25.5 Å². The van der Waals surface area contributed by atoms with Gasteiger partial charge in [-0.05, 0) is 50.1 Å². The van der Waals surface area contributed by atoms with Gasteiger partial charge in [0.15, 0.2) is 0 Å². The van der Waals surface area contributed by atoms with Crippen LogP contribution in [0.3, 0.4) is 0 Å². The van der Waals surface area contributed by atoms with Crippen molar-refractivity contribution in [3.63, 3.8) is 0 Å². The molecule has 0 spiro atoms.